The normalized spacial score (nSPS) is 12.6. The molecule has 0 bridgehead atoms. The molecule has 1 aromatic heterocycles. The summed E-state index contributed by atoms with van der Waals surface area (Å²) in [5.41, 5.74) is 1.10. The smallest absolute Gasteiger partial charge is 0.123 e. The molecular formula is C14H15BrFNS. The molecule has 0 aliphatic heterocycles. The van der Waals surface area contributed by atoms with E-state index in [1.165, 1.54) is 17.0 Å². The first-order valence-electron chi connectivity index (χ1n) is 5.93. The van der Waals surface area contributed by atoms with Crippen LogP contribution in [0.3, 0.4) is 0 Å². The lowest BCUT2D eigenvalue weighted by Gasteiger charge is -2.17. The predicted octanol–water partition coefficient (Wildman–Crippen LogP) is 4.74. The van der Waals surface area contributed by atoms with Gasteiger partial charge < -0.3 is 5.32 Å². The van der Waals surface area contributed by atoms with Crippen molar-refractivity contribution in [1.29, 1.82) is 0 Å². The van der Waals surface area contributed by atoms with Crippen LogP contribution in [0.2, 0.25) is 0 Å². The number of halogens is 2. The van der Waals surface area contributed by atoms with Crippen molar-refractivity contribution < 1.29 is 4.39 Å². The highest BCUT2D eigenvalue weighted by Gasteiger charge is 2.15. The Balaban J connectivity index is 2.27. The molecule has 4 heteroatoms. The Kier molecular flexibility index (Phi) is 4.92. The van der Waals surface area contributed by atoms with E-state index in [2.05, 4.69) is 39.6 Å². The first-order chi connectivity index (χ1) is 8.70. The largest absolute Gasteiger partial charge is 0.306 e. The Bertz CT molecular complexity index is 495. The fourth-order valence-corrected chi connectivity index (χ4v) is 3.35. The van der Waals surface area contributed by atoms with E-state index in [4.69, 9.17) is 0 Å². The van der Waals surface area contributed by atoms with Crippen LogP contribution < -0.4 is 5.32 Å². The van der Waals surface area contributed by atoms with Crippen molar-refractivity contribution in [2.45, 2.75) is 19.4 Å². The van der Waals surface area contributed by atoms with Gasteiger partial charge in [0.15, 0.2) is 0 Å². The van der Waals surface area contributed by atoms with E-state index in [0.717, 1.165) is 23.0 Å². The summed E-state index contributed by atoms with van der Waals surface area (Å²) in [4.78, 5) is 1.24. The minimum absolute atomic E-state index is 0.141. The van der Waals surface area contributed by atoms with Gasteiger partial charge in [-0.05, 0) is 52.7 Å². The average molecular weight is 328 g/mol. The second-order valence-electron chi connectivity index (χ2n) is 4.11. The first kappa shape index (κ1) is 13.7. The molecular weight excluding hydrogens is 313 g/mol. The number of rotatable bonds is 5. The van der Waals surface area contributed by atoms with Crippen molar-refractivity contribution in [3.05, 3.63) is 56.4 Å². The lowest BCUT2D eigenvalue weighted by molar-refractivity contribution is 0.599. The van der Waals surface area contributed by atoms with Crippen LogP contribution in [0.15, 0.2) is 40.2 Å². The lowest BCUT2D eigenvalue weighted by Crippen LogP contribution is -2.22. The quantitative estimate of drug-likeness (QED) is 0.836. The molecule has 1 N–H and O–H groups in total. The molecule has 2 rings (SSSR count). The lowest BCUT2D eigenvalue weighted by atomic mass is 10.1. The van der Waals surface area contributed by atoms with Gasteiger partial charge in [0.05, 0.1) is 6.04 Å². The SMILES string of the molecule is CCCNC(c1ccc(F)cc1)c1cc(Br)cs1. The van der Waals surface area contributed by atoms with E-state index in [1.54, 1.807) is 11.3 Å². The van der Waals surface area contributed by atoms with Crippen LogP contribution in [0.4, 0.5) is 4.39 Å². The molecule has 0 saturated heterocycles. The summed E-state index contributed by atoms with van der Waals surface area (Å²) in [5.74, 6) is -0.194. The topological polar surface area (TPSA) is 12.0 Å². The molecule has 0 saturated carbocycles. The monoisotopic (exact) mass is 327 g/mol. The fourth-order valence-electron chi connectivity index (χ4n) is 1.81. The number of hydrogen-bond donors (Lipinski definition) is 1. The van der Waals surface area contributed by atoms with Crippen molar-refractivity contribution >= 4 is 27.3 Å². The minimum atomic E-state index is -0.194. The van der Waals surface area contributed by atoms with Crippen molar-refractivity contribution in [3.63, 3.8) is 0 Å². The third kappa shape index (κ3) is 3.40. The van der Waals surface area contributed by atoms with Crippen LogP contribution in [0.5, 0.6) is 0 Å². The molecule has 0 aliphatic carbocycles. The van der Waals surface area contributed by atoms with Crippen molar-refractivity contribution in [1.82, 2.24) is 5.32 Å². The van der Waals surface area contributed by atoms with Gasteiger partial charge in [0.2, 0.25) is 0 Å². The first-order valence-corrected chi connectivity index (χ1v) is 7.60. The molecule has 0 radical (unpaired) electrons. The molecule has 96 valence electrons. The van der Waals surface area contributed by atoms with Crippen LogP contribution in [-0.2, 0) is 0 Å². The van der Waals surface area contributed by atoms with Crippen molar-refractivity contribution in [2.75, 3.05) is 6.54 Å². The highest BCUT2D eigenvalue weighted by atomic mass is 79.9. The molecule has 18 heavy (non-hydrogen) atoms. The summed E-state index contributed by atoms with van der Waals surface area (Å²) in [6, 6.07) is 8.97. The summed E-state index contributed by atoms with van der Waals surface area (Å²) >= 11 is 5.18. The molecule has 2 aromatic rings. The summed E-state index contributed by atoms with van der Waals surface area (Å²) in [7, 11) is 0. The highest BCUT2D eigenvalue weighted by molar-refractivity contribution is 9.10. The van der Waals surface area contributed by atoms with E-state index in [0.29, 0.717) is 0 Å². The summed E-state index contributed by atoms with van der Waals surface area (Å²) < 4.78 is 14.1. The minimum Gasteiger partial charge on any atom is -0.306 e. The Hall–Kier alpha value is -0.710. The van der Waals surface area contributed by atoms with Crippen LogP contribution in [-0.4, -0.2) is 6.54 Å². The van der Waals surface area contributed by atoms with E-state index in [9.17, 15) is 4.39 Å². The van der Waals surface area contributed by atoms with Gasteiger partial charge in [-0.15, -0.1) is 11.3 Å². The second-order valence-corrected chi connectivity index (χ2v) is 5.96. The second kappa shape index (κ2) is 6.45. The molecule has 0 aliphatic rings. The maximum absolute atomic E-state index is 13.0. The predicted molar refractivity (Wildman–Crippen MR) is 78.6 cm³/mol. The molecule has 0 spiro atoms. The van der Waals surface area contributed by atoms with Crippen LogP contribution >= 0.6 is 27.3 Å². The molecule has 1 atom stereocenters. The molecule has 1 heterocycles. The maximum atomic E-state index is 13.0. The van der Waals surface area contributed by atoms with Gasteiger partial charge in [0, 0.05) is 14.7 Å². The summed E-state index contributed by atoms with van der Waals surface area (Å²) in [6.45, 7) is 3.08. The number of nitrogens with one attached hydrogen (secondary N) is 1. The zero-order valence-corrected chi connectivity index (χ0v) is 12.5. The van der Waals surface area contributed by atoms with Gasteiger partial charge in [-0.1, -0.05) is 19.1 Å². The molecule has 1 nitrogen and oxygen atoms in total. The average Bonchev–Trinajstić information content (AvgIpc) is 2.78. The fraction of sp³-hybridized carbons (Fsp3) is 0.286. The molecule has 0 fully saturated rings. The van der Waals surface area contributed by atoms with Crippen LogP contribution in [0.25, 0.3) is 0 Å². The molecule has 1 unspecified atom stereocenters. The van der Waals surface area contributed by atoms with Gasteiger partial charge in [-0.25, -0.2) is 4.39 Å². The Labute approximate surface area is 119 Å². The van der Waals surface area contributed by atoms with E-state index in [1.807, 2.05) is 12.1 Å². The third-order valence-electron chi connectivity index (χ3n) is 2.67. The molecule has 1 aromatic carbocycles. The summed E-state index contributed by atoms with van der Waals surface area (Å²) in [6.07, 6.45) is 1.07. The third-order valence-corrected chi connectivity index (χ3v) is 4.43. The van der Waals surface area contributed by atoms with E-state index < -0.39 is 0 Å². The van der Waals surface area contributed by atoms with Gasteiger partial charge >= 0.3 is 0 Å². The Morgan fingerprint density at radius 1 is 1.33 bits per heavy atom. The van der Waals surface area contributed by atoms with Crippen LogP contribution in [0, 0.1) is 5.82 Å². The van der Waals surface area contributed by atoms with Gasteiger partial charge in [0.25, 0.3) is 0 Å². The number of thiophene rings is 1. The molecule has 0 amide bonds. The van der Waals surface area contributed by atoms with Gasteiger partial charge in [-0.3, -0.25) is 0 Å². The summed E-state index contributed by atoms with van der Waals surface area (Å²) in [5, 5.41) is 5.57. The van der Waals surface area contributed by atoms with Gasteiger partial charge in [-0.2, -0.15) is 0 Å². The zero-order chi connectivity index (χ0) is 13.0. The van der Waals surface area contributed by atoms with Gasteiger partial charge in [0.1, 0.15) is 5.82 Å². The maximum Gasteiger partial charge on any atom is 0.123 e. The van der Waals surface area contributed by atoms with Crippen LogP contribution in [0.1, 0.15) is 29.8 Å². The standard InChI is InChI=1S/C14H15BrFNS/c1-2-7-17-14(13-8-11(15)9-18-13)10-3-5-12(16)6-4-10/h3-6,8-9,14,17H,2,7H2,1H3. The van der Waals surface area contributed by atoms with Crippen molar-refractivity contribution in [2.24, 2.45) is 0 Å². The Morgan fingerprint density at radius 2 is 2.06 bits per heavy atom. The van der Waals surface area contributed by atoms with Crippen molar-refractivity contribution in [3.8, 4) is 0 Å². The number of hydrogen-bond acceptors (Lipinski definition) is 2. The van der Waals surface area contributed by atoms with E-state index >= 15 is 0 Å². The zero-order valence-electron chi connectivity index (χ0n) is 10.1. The Morgan fingerprint density at radius 3 is 2.61 bits per heavy atom. The van der Waals surface area contributed by atoms with E-state index in [-0.39, 0.29) is 11.9 Å². The number of benzene rings is 1. The highest BCUT2D eigenvalue weighted by Crippen LogP contribution is 2.30.